The van der Waals surface area contributed by atoms with Gasteiger partial charge in [0, 0.05) is 29.5 Å². The molecule has 0 radical (unpaired) electrons. The van der Waals surface area contributed by atoms with E-state index < -0.39 is 29.1 Å². The van der Waals surface area contributed by atoms with Gasteiger partial charge in [-0.25, -0.2) is 9.37 Å². The van der Waals surface area contributed by atoms with Crippen molar-refractivity contribution in [3.8, 4) is 0 Å². The lowest BCUT2D eigenvalue weighted by Crippen LogP contribution is -2.72. The van der Waals surface area contributed by atoms with Gasteiger partial charge < -0.3 is 25.6 Å². The number of alkyl halides is 1. The first kappa shape index (κ1) is 24.0. The molecule has 7 heteroatoms. The second-order valence-electron chi connectivity index (χ2n) is 13.0. The zero-order valence-electron chi connectivity index (χ0n) is 22.0. The Morgan fingerprint density at radius 3 is 2.68 bits per heavy atom. The van der Waals surface area contributed by atoms with Gasteiger partial charge in [0.1, 0.15) is 17.1 Å². The van der Waals surface area contributed by atoms with Crippen molar-refractivity contribution < 1.29 is 19.3 Å². The highest BCUT2D eigenvalue weighted by Crippen LogP contribution is 2.72. The van der Waals surface area contributed by atoms with Crippen LogP contribution in [0.25, 0.3) is 16.3 Å². The van der Waals surface area contributed by atoms with Crippen molar-refractivity contribution in [1.82, 2.24) is 9.88 Å². The van der Waals surface area contributed by atoms with Gasteiger partial charge in [-0.15, -0.1) is 0 Å². The molecule has 9 atom stereocenters. The number of ether oxygens (including phenoxy) is 1. The van der Waals surface area contributed by atoms with Crippen molar-refractivity contribution in [2.24, 2.45) is 17.3 Å². The molecular formula is C30H38FN3O3. The summed E-state index contributed by atoms with van der Waals surface area (Å²) < 4.78 is 24.3. The number of halogens is 1. The SMILES string of the molecule is CN(C)C1CC23CCC4(O2)C2CC=C(c5ccc6ccnc(N)c6c5)C2(C)CCC4(F)CC3C(O)C1O. The maximum Gasteiger partial charge on any atom is 0.140 e. The molecule has 0 amide bonds. The number of nitrogen functional groups attached to an aromatic ring is 1. The quantitative estimate of drug-likeness (QED) is 0.567. The Morgan fingerprint density at radius 2 is 1.89 bits per heavy atom. The number of aromatic nitrogens is 1. The fourth-order valence-electron chi connectivity index (χ4n) is 9.37. The summed E-state index contributed by atoms with van der Waals surface area (Å²) in [7, 11) is 3.86. The van der Waals surface area contributed by atoms with Crippen molar-refractivity contribution in [3.63, 3.8) is 0 Å². The molecule has 3 aliphatic carbocycles. The highest BCUT2D eigenvalue weighted by atomic mass is 19.1. The summed E-state index contributed by atoms with van der Waals surface area (Å²) in [5, 5.41) is 24.1. The lowest BCUT2D eigenvalue weighted by molar-refractivity contribution is -0.314. The Labute approximate surface area is 217 Å². The Kier molecular flexibility index (Phi) is 4.89. The second-order valence-corrected chi connectivity index (χ2v) is 13.0. The van der Waals surface area contributed by atoms with E-state index in [-0.39, 0.29) is 29.7 Å². The summed E-state index contributed by atoms with van der Waals surface area (Å²) >= 11 is 0. The zero-order valence-corrected chi connectivity index (χ0v) is 22.0. The van der Waals surface area contributed by atoms with Crippen LogP contribution >= 0.6 is 0 Å². The number of benzene rings is 1. The van der Waals surface area contributed by atoms with E-state index in [1.807, 2.05) is 25.1 Å². The number of pyridine rings is 1. The molecular weight excluding hydrogens is 469 g/mol. The van der Waals surface area contributed by atoms with E-state index in [1.54, 1.807) is 6.20 Å². The molecule has 7 rings (SSSR count). The summed E-state index contributed by atoms with van der Waals surface area (Å²) in [6.45, 7) is 2.30. The maximum absolute atomic E-state index is 17.2. The molecule has 6 nitrogen and oxygen atoms in total. The summed E-state index contributed by atoms with van der Waals surface area (Å²) in [5.74, 6) is 0.170. The maximum atomic E-state index is 17.2. The first-order chi connectivity index (χ1) is 17.5. The third kappa shape index (κ3) is 2.92. The number of hydrogen-bond acceptors (Lipinski definition) is 6. The number of allylic oxidation sites excluding steroid dienone is 2. The van der Waals surface area contributed by atoms with Crippen LogP contribution in [0.5, 0.6) is 0 Å². The molecule has 4 fully saturated rings. The standard InChI is InChI=1S/C30H38FN3O3/c1-27-9-11-29(31)15-21-24(35)25(36)22(34(2)3)16-28(21)10-12-30(29,37-28)23(27)7-6-20(27)18-5-4-17-8-13-33-26(32)19(17)14-18/h4-6,8,13-14,21-25,35-36H,7,9-12,15-16H2,1-3H3,(H2,32,33). The first-order valence-corrected chi connectivity index (χ1v) is 13.8. The molecule has 2 aromatic rings. The lowest BCUT2D eigenvalue weighted by Gasteiger charge is -2.64. The minimum Gasteiger partial charge on any atom is -0.390 e. The molecule has 2 saturated carbocycles. The number of aliphatic hydroxyl groups is 2. The normalized spacial score (nSPS) is 46.5. The predicted molar refractivity (Wildman–Crippen MR) is 141 cm³/mol. The van der Waals surface area contributed by atoms with Gasteiger partial charge in [-0.05, 0) is 93.1 Å². The molecule has 9 unspecified atom stereocenters. The van der Waals surface area contributed by atoms with E-state index >= 15 is 4.39 Å². The summed E-state index contributed by atoms with van der Waals surface area (Å²) in [6, 6.07) is 8.16. The molecule has 2 aliphatic heterocycles. The van der Waals surface area contributed by atoms with Crippen molar-refractivity contribution in [3.05, 3.63) is 42.1 Å². The Hall–Kier alpha value is -2.06. The number of rotatable bonds is 2. The van der Waals surface area contributed by atoms with Gasteiger partial charge in [0.15, 0.2) is 0 Å². The van der Waals surface area contributed by atoms with E-state index in [9.17, 15) is 10.2 Å². The highest BCUT2D eigenvalue weighted by molar-refractivity contribution is 5.93. The zero-order chi connectivity index (χ0) is 26.0. The van der Waals surface area contributed by atoms with Crippen LogP contribution in [0.4, 0.5) is 10.2 Å². The van der Waals surface area contributed by atoms with E-state index in [2.05, 4.69) is 36.2 Å². The average Bonchev–Trinajstić information content (AvgIpc) is 3.40. The van der Waals surface area contributed by atoms with Gasteiger partial charge in [0.05, 0.1) is 17.8 Å². The van der Waals surface area contributed by atoms with Crippen LogP contribution in [-0.4, -0.2) is 69.3 Å². The molecule has 4 N–H and O–H groups in total. The van der Waals surface area contributed by atoms with Gasteiger partial charge in [0.2, 0.25) is 0 Å². The topological polar surface area (TPSA) is 91.8 Å². The van der Waals surface area contributed by atoms with Gasteiger partial charge in [0.25, 0.3) is 0 Å². The van der Waals surface area contributed by atoms with Gasteiger partial charge in [-0.1, -0.05) is 25.1 Å². The first-order valence-electron chi connectivity index (χ1n) is 13.8. The second kappa shape index (κ2) is 7.53. The number of nitrogens with zero attached hydrogens (tertiary/aromatic N) is 2. The summed E-state index contributed by atoms with van der Waals surface area (Å²) in [6.07, 6.45) is 6.37. The van der Waals surface area contributed by atoms with E-state index in [1.165, 1.54) is 5.57 Å². The number of nitrogens with two attached hydrogens (primary N) is 1. The minimum atomic E-state index is -1.51. The fraction of sp³-hybridized carbons (Fsp3) is 0.633. The number of hydrogen-bond donors (Lipinski definition) is 3. The molecule has 5 aliphatic rings. The number of anilines is 1. The third-order valence-corrected chi connectivity index (χ3v) is 11.3. The average molecular weight is 508 g/mol. The third-order valence-electron chi connectivity index (χ3n) is 11.3. The molecule has 1 aromatic carbocycles. The van der Waals surface area contributed by atoms with Crippen LogP contribution in [0.1, 0.15) is 57.4 Å². The largest absolute Gasteiger partial charge is 0.390 e. The summed E-state index contributed by atoms with van der Waals surface area (Å²) in [4.78, 5) is 6.26. The lowest BCUT2D eigenvalue weighted by atomic mass is 9.51. The molecule has 2 spiro atoms. The van der Waals surface area contributed by atoms with E-state index in [0.29, 0.717) is 25.1 Å². The van der Waals surface area contributed by atoms with Gasteiger partial charge in [-0.2, -0.15) is 0 Å². The monoisotopic (exact) mass is 507 g/mol. The number of likely N-dealkylation sites (N-methyl/N-ethyl adjacent to an activating group) is 1. The van der Waals surface area contributed by atoms with Crippen molar-refractivity contribution in [2.75, 3.05) is 19.8 Å². The predicted octanol–water partition coefficient (Wildman–Crippen LogP) is 4.09. The van der Waals surface area contributed by atoms with E-state index in [0.717, 1.165) is 35.6 Å². The number of fused-ring (bicyclic) bond motifs is 2. The van der Waals surface area contributed by atoms with Gasteiger partial charge in [-0.3, -0.25) is 0 Å². The van der Waals surface area contributed by atoms with Crippen LogP contribution in [0.2, 0.25) is 0 Å². The van der Waals surface area contributed by atoms with Crippen molar-refractivity contribution >= 4 is 22.2 Å². The molecule has 198 valence electrons. The molecule has 3 heterocycles. The van der Waals surface area contributed by atoms with Crippen LogP contribution in [0.15, 0.2) is 36.5 Å². The Morgan fingerprint density at radius 1 is 1.08 bits per heavy atom. The van der Waals surface area contributed by atoms with Crippen LogP contribution in [0.3, 0.4) is 0 Å². The van der Waals surface area contributed by atoms with Gasteiger partial charge >= 0.3 is 0 Å². The molecule has 2 bridgehead atoms. The molecule has 37 heavy (non-hydrogen) atoms. The Balaban J connectivity index is 1.27. The van der Waals surface area contributed by atoms with Crippen LogP contribution in [0, 0.1) is 17.3 Å². The highest BCUT2D eigenvalue weighted by Gasteiger charge is 2.77. The molecule has 2 saturated heterocycles. The smallest absolute Gasteiger partial charge is 0.140 e. The minimum absolute atomic E-state index is 0.0258. The van der Waals surface area contributed by atoms with E-state index in [4.69, 9.17) is 10.5 Å². The number of aliphatic hydroxyl groups excluding tert-OH is 2. The van der Waals surface area contributed by atoms with Crippen LogP contribution in [-0.2, 0) is 4.74 Å². The molecule has 1 aromatic heterocycles. The van der Waals surface area contributed by atoms with Crippen molar-refractivity contribution in [1.29, 1.82) is 0 Å². The summed E-state index contributed by atoms with van der Waals surface area (Å²) in [5.41, 5.74) is 5.42. The van der Waals surface area contributed by atoms with Crippen molar-refractivity contribution in [2.45, 2.75) is 87.0 Å². The Bertz CT molecular complexity index is 1320. The fourth-order valence-corrected chi connectivity index (χ4v) is 9.37. The van der Waals surface area contributed by atoms with Crippen LogP contribution < -0.4 is 5.73 Å².